The minimum atomic E-state index is -0.832. The molecule has 0 spiro atoms. The summed E-state index contributed by atoms with van der Waals surface area (Å²) in [6, 6.07) is 9.36. The summed E-state index contributed by atoms with van der Waals surface area (Å²) in [4.78, 5) is 70.5. The fraction of sp³-hybridized carbons (Fsp3) is 0.600. The molecule has 1 aromatic heterocycles. The summed E-state index contributed by atoms with van der Waals surface area (Å²) in [6.45, 7) is 7.59. The van der Waals surface area contributed by atoms with Crippen LogP contribution >= 0.6 is 0 Å². The average molecular weight is 680 g/mol. The highest BCUT2D eigenvalue weighted by Gasteiger charge is 2.36. The van der Waals surface area contributed by atoms with Crippen molar-refractivity contribution in [3.05, 3.63) is 42.1 Å². The maximum Gasteiger partial charge on any atom is 0.409 e. The lowest BCUT2D eigenvalue weighted by atomic mass is 9.93. The Balaban J connectivity index is 1.23. The van der Waals surface area contributed by atoms with Crippen LogP contribution in [0.1, 0.15) is 76.2 Å². The van der Waals surface area contributed by atoms with Crippen molar-refractivity contribution in [3.8, 4) is 11.6 Å². The Kier molecular flexibility index (Phi) is 12.1. The molecule has 3 fully saturated rings. The van der Waals surface area contributed by atoms with Gasteiger partial charge in [-0.05, 0) is 56.6 Å². The van der Waals surface area contributed by atoms with Crippen LogP contribution in [0.3, 0.4) is 0 Å². The van der Waals surface area contributed by atoms with Crippen LogP contribution < -0.4 is 15.4 Å². The first-order valence-electron chi connectivity index (χ1n) is 17.6. The van der Waals surface area contributed by atoms with E-state index in [0.29, 0.717) is 51.4 Å². The normalized spacial score (nSPS) is 18.5. The molecule has 5 rings (SSSR count). The van der Waals surface area contributed by atoms with Gasteiger partial charge < -0.3 is 34.8 Å². The van der Waals surface area contributed by atoms with Gasteiger partial charge in [-0.1, -0.05) is 45.4 Å². The number of nitrogens with one attached hydrogen (secondary N) is 2. The van der Waals surface area contributed by atoms with Crippen LogP contribution in [0.2, 0.25) is 0 Å². The minimum absolute atomic E-state index is 0.0170. The third-order valence-electron chi connectivity index (χ3n) is 9.37. The Bertz CT molecular complexity index is 1470. The molecule has 2 saturated heterocycles. The third kappa shape index (κ3) is 8.90. The molecule has 49 heavy (non-hydrogen) atoms. The summed E-state index contributed by atoms with van der Waals surface area (Å²) >= 11 is 0. The Labute approximate surface area is 287 Å². The van der Waals surface area contributed by atoms with E-state index >= 15 is 0 Å². The first kappa shape index (κ1) is 35.7. The summed E-state index contributed by atoms with van der Waals surface area (Å²) in [7, 11) is 0. The lowest BCUT2D eigenvalue weighted by Gasteiger charge is -2.36. The number of benzene rings is 1. The van der Waals surface area contributed by atoms with Crippen molar-refractivity contribution >= 4 is 29.7 Å². The number of carbonyl (C=O) groups excluding carboxylic acids is 5. The Morgan fingerprint density at radius 2 is 1.65 bits per heavy atom. The maximum absolute atomic E-state index is 13.6. The number of amides is 5. The number of hydrogen-bond donors (Lipinski definition) is 2. The molecule has 3 heterocycles. The predicted molar refractivity (Wildman–Crippen MR) is 180 cm³/mol. The highest BCUT2D eigenvalue weighted by Crippen LogP contribution is 2.24. The minimum Gasteiger partial charge on any atom is -0.467 e. The Morgan fingerprint density at radius 3 is 2.31 bits per heavy atom. The molecule has 3 aliphatic rings. The third-order valence-corrected chi connectivity index (χ3v) is 9.37. The van der Waals surface area contributed by atoms with E-state index < -0.39 is 18.0 Å². The largest absolute Gasteiger partial charge is 0.467 e. The molecule has 2 aliphatic heterocycles. The van der Waals surface area contributed by atoms with Crippen LogP contribution in [0.4, 0.5) is 4.79 Å². The van der Waals surface area contributed by atoms with Crippen molar-refractivity contribution in [3.63, 3.8) is 0 Å². The number of piperazine rings is 1. The molecule has 2 aromatic rings. The van der Waals surface area contributed by atoms with E-state index in [4.69, 9.17) is 9.47 Å². The molecule has 0 unspecified atom stereocenters. The smallest absolute Gasteiger partial charge is 0.409 e. The van der Waals surface area contributed by atoms with E-state index in [9.17, 15) is 24.0 Å². The fourth-order valence-electron chi connectivity index (χ4n) is 6.17. The molecule has 5 amide bonds. The predicted octanol–water partition coefficient (Wildman–Crippen LogP) is 2.75. The van der Waals surface area contributed by atoms with E-state index in [-0.39, 0.29) is 54.0 Å². The van der Waals surface area contributed by atoms with Crippen molar-refractivity contribution < 1.29 is 33.4 Å². The Hall–Kier alpha value is -4.62. The average Bonchev–Trinajstić information content (AvgIpc) is 3.76. The van der Waals surface area contributed by atoms with Crippen LogP contribution in [0.25, 0.3) is 5.69 Å². The maximum atomic E-state index is 13.6. The summed E-state index contributed by atoms with van der Waals surface area (Å²) in [5.74, 6) is -1.30. The summed E-state index contributed by atoms with van der Waals surface area (Å²) < 4.78 is 12.7. The van der Waals surface area contributed by atoms with Gasteiger partial charge in [0.25, 0.3) is 11.8 Å². The molecule has 2 N–H and O–H groups in total. The molecule has 2 atom stereocenters. The van der Waals surface area contributed by atoms with Crippen LogP contribution in [-0.4, -0.2) is 118 Å². The first-order valence-corrected chi connectivity index (χ1v) is 17.6. The second-order valence-electron chi connectivity index (χ2n) is 13.3. The van der Waals surface area contributed by atoms with Crippen LogP contribution in [0.15, 0.2) is 36.4 Å². The second-order valence-corrected chi connectivity index (χ2v) is 13.3. The van der Waals surface area contributed by atoms with Crippen LogP contribution in [0.5, 0.6) is 5.88 Å². The van der Waals surface area contributed by atoms with E-state index in [1.165, 1.54) is 10.7 Å². The topological polar surface area (TPSA) is 155 Å². The lowest BCUT2D eigenvalue weighted by molar-refractivity contribution is -0.140. The van der Waals surface area contributed by atoms with Gasteiger partial charge in [0.15, 0.2) is 12.3 Å². The number of rotatable bonds is 13. The quantitative estimate of drug-likeness (QED) is 0.307. The van der Waals surface area contributed by atoms with Gasteiger partial charge in [0, 0.05) is 44.8 Å². The van der Waals surface area contributed by atoms with Crippen molar-refractivity contribution in [1.82, 2.24) is 35.1 Å². The number of likely N-dealkylation sites (tertiary alicyclic amines) is 1. The number of nitrogens with zero attached hydrogens (tertiary/aromatic N) is 5. The summed E-state index contributed by atoms with van der Waals surface area (Å²) in [5, 5.41) is 10.4. The molecule has 1 aliphatic carbocycles. The number of carbonyl (C=O) groups is 5. The first-order chi connectivity index (χ1) is 23.7. The lowest BCUT2D eigenvalue weighted by Crippen LogP contribution is -2.57. The van der Waals surface area contributed by atoms with Crippen molar-refractivity contribution in [2.45, 2.75) is 83.8 Å². The molecule has 266 valence electrons. The standard InChI is InChI=1S/C35H49N7O7/c1-4-5-21-48-35(47)40-19-17-39(18-20-40)34(46)31(24(2)3)37-32(44)27-22-30(42(38-27)26-13-7-6-8-14-26)49-23-29(43)41-16-10-15-28(41)33(45)36-25-11-9-12-25/h6-8,13-14,22,24-25,28,31H,4-5,9-12,15-21,23H2,1-3H3,(H,36,45)(H,37,44)/t28-,31-/m0/s1. The Morgan fingerprint density at radius 1 is 0.939 bits per heavy atom. The molecule has 1 saturated carbocycles. The molecule has 0 radical (unpaired) electrons. The van der Waals surface area contributed by atoms with Gasteiger partial charge in [-0.3, -0.25) is 19.2 Å². The highest BCUT2D eigenvalue weighted by molar-refractivity contribution is 5.96. The van der Waals surface area contributed by atoms with Gasteiger partial charge in [-0.25, -0.2) is 9.48 Å². The molecule has 1 aromatic carbocycles. The highest BCUT2D eigenvalue weighted by atomic mass is 16.6. The zero-order chi connectivity index (χ0) is 34.9. The van der Waals surface area contributed by atoms with E-state index in [2.05, 4.69) is 15.7 Å². The number of hydrogen-bond acceptors (Lipinski definition) is 8. The van der Waals surface area contributed by atoms with Gasteiger partial charge >= 0.3 is 6.09 Å². The summed E-state index contributed by atoms with van der Waals surface area (Å²) in [5.41, 5.74) is 0.633. The van der Waals surface area contributed by atoms with Gasteiger partial charge in [0.2, 0.25) is 17.7 Å². The zero-order valence-corrected chi connectivity index (χ0v) is 28.8. The second kappa shape index (κ2) is 16.7. The monoisotopic (exact) mass is 679 g/mol. The molecule has 14 heteroatoms. The number of unbranched alkanes of at least 4 members (excludes halogenated alkanes) is 1. The fourth-order valence-corrected chi connectivity index (χ4v) is 6.17. The van der Waals surface area contributed by atoms with Gasteiger partial charge in [0.05, 0.1) is 12.3 Å². The van der Waals surface area contributed by atoms with Crippen molar-refractivity contribution in [2.24, 2.45) is 5.92 Å². The molecular formula is C35H49N7O7. The summed E-state index contributed by atoms with van der Waals surface area (Å²) in [6.07, 6.45) is 5.73. The van der Waals surface area contributed by atoms with Gasteiger partial charge in [0.1, 0.15) is 12.1 Å². The van der Waals surface area contributed by atoms with Crippen molar-refractivity contribution in [1.29, 1.82) is 0 Å². The molecule has 0 bridgehead atoms. The number of ether oxygens (including phenoxy) is 2. The van der Waals surface area contributed by atoms with Gasteiger partial charge in [-0.2, -0.15) is 5.10 Å². The molecular weight excluding hydrogens is 630 g/mol. The SMILES string of the molecule is CCCCOC(=O)N1CCN(C(=O)[C@@H](NC(=O)c2cc(OCC(=O)N3CCC[C@H]3C(=O)NC3CCC3)n(-c3ccccc3)n2)C(C)C)CC1. The van der Waals surface area contributed by atoms with Gasteiger partial charge in [-0.15, -0.1) is 0 Å². The van der Waals surface area contributed by atoms with E-state index in [1.807, 2.05) is 39.0 Å². The van der Waals surface area contributed by atoms with Crippen molar-refractivity contribution in [2.75, 3.05) is 45.9 Å². The van der Waals surface area contributed by atoms with E-state index in [0.717, 1.165) is 38.5 Å². The van der Waals surface area contributed by atoms with Crippen LogP contribution in [-0.2, 0) is 19.1 Å². The van der Waals surface area contributed by atoms with Crippen LogP contribution in [0, 0.1) is 5.92 Å². The molecule has 14 nitrogen and oxygen atoms in total. The number of para-hydroxylation sites is 1. The zero-order valence-electron chi connectivity index (χ0n) is 28.8. The van der Waals surface area contributed by atoms with E-state index in [1.54, 1.807) is 26.8 Å². The number of aromatic nitrogens is 2.